The van der Waals surface area contributed by atoms with Crippen molar-refractivity contribution in [3.63, 3.8) is 0 Å². The first-order valence-electron chi connectivity index (χ1n) is 7.14. The summed E-state index contributed by atoms with van der Waals surface area (Å²) in [4.78, 5) is 4.46. The predicted octanol–water partition coefficient (Wildman–Crippen LogP) is 4.92. The first-order chi connectivity index (χ1) is 9.19. The van der Waals surface area contributed by atoms with Gasteiger partial charge in [-0.25, -0.2) is 4.99 Å². The molecule has 1 heterocycles. The fourth-order valence-electron chi connectivity index (χ4n) is 2.49. The van der Waals surface area contributed by atoms with Crippen LogP contribution in [0.4, 0.5) is 0 Å². The van der Waals surface area contributed by atoms with Gasteiger partial charge < -0.3 is 4.74 Å². The minimum absolute atomic E-state index is 0.510. The van der Waals surface area contributed by atoms with Crippen LogP contribution in [-0.4, -0.2) is 5.90 Å². The highest BCUT2D eigenvalue weighted by Gasteiger charge is 2.17. The van der Waals surface area contributed by atoms with Crippen LogP contribution in [0.15, 0.2) is 52.4 Å². The molecule has 0 N–H and O–H groups in total. The number of aliphatic imine (C=N–C) groups is 1. The van der Waals surface area contributed by atoms with Crippen molar-refractivity contribution < 1.29 is 4.74 Å². The van der Waals surface area contributed by atoms with E-state index in [1.54, 1.807) is 0 Å². The van der Waals surface area contributed by atoms with Crippen LogP contribution in [0.1, 0.15) is 46.5 Å². The summed E-state index contributed by atoms with van der Waals surface area (Å²) in [7, 11) is 0. The Morgan fingerprint density at radius 1 is 1.37 bits per heavy atom. The van der Waals surface area contributed by atoms with Crippen LogP contribution in [0.3, 0.4) is 0 Å². The Morgan fingerprint density at radius 3 is 3.00 bits per heavy atom. The SMILES string of the molecule is CCC1CCC=CC=C1OC1=NC=C(C)C=C(C)C1. The number of hydrogen-bond donors (Lipinski definition) is 0. The van der Waals surface area contributed by atoms with Crippen molar-refractivity contribution in [1.82, 2.24) is 0 Å². The van der Waals surface area contributed by atoms with Gasteiger partial charge in [-0.2, -0.15) is 0 Å². The standard InChI is InChI=1S/C17H23NO/c1-4-15-8-6-5-7-9-16(15)19-17-11-13(2)10-14(3)12-18-17/h5,7,9-10,12,15H,4,6,8,11H2,1-3H3. The third kappa shape index (κ3) is 3.95. The van der Waals surface area contributed by atoms with Crippen LogP contribution in [0, 0.1) is 5.92 Å². The molecule has 0 fully saturated rings. The van der Waals surface area contributed by atoms with E-state index in [9.17, 15) is 0 Å². The summed E-state index contributed by atoms with van der Waals surface area (Å²) in [5.74, 6) is 2.39. The van der Waals surface area contributed by atoms with Gasteiger partial charge in [0.1, 0.15) is 5.76 Å². The lowest BCUT2D eigenvalue weighted by molar-refractivity contribution is 0.317. The van der Waals surface area contributed by atoms with Crippen LogP contribution in [0.25, 0.3) is 0 Å². The molecule has 2 heteroatoms. The van der Waals surface area contributed by atoms with Crippen molar-refractivity contribution in [3.05, 3.63) is 47.4 Å². The highest BCUT2D eigenvalue weighted by Crippen LogP contribution is 2.26. The Kier molecular flexibility index (Phi) is 4.78. The summed E-state index contributed by atoms with van der Waals surface area (Å²) in [6.45, 7) is 6.41. The zero-order valence-electron chi connectivity index (χ0n) is 12.1. The van der Waals surface area contributed by atoms with Crippen molar-refractivity contribution in [2.75, 3.05) is 0 Å². The van der Waals surface area contributed by atoms with Crippen molar-refractivity contribution in [2.45, 2.75) is 46.5 Å². The van der Waals surface area contributed by atoms with E-state index in [0.29, 0.717) is 5.92 Å². The maximum absolute atomic E-state index is 6.09. The molecule has 1 atom stereocenters. The minimum Gasteiger partial charge on any atom is -0.447 e. The molecule has 0 aromatic carbocycles. The fourth-order valence-corrected chi connectivity index (χ4v) is 2.49. The first kappa shape index (κ1) is 13.9. The van der Waals surface area contributed by atoms with Crippen molar-refractivity contribution in [1.29, 1.82) is 0 Å². The Morgan fingerprint density at radius 2 is 2.21 bits per heavy atom. The second-order valence-corrected chi connectivity index (χ2v) is 5.35. The average Bonchev–Trinajstić information content (AvgIpc) is 2.68. The van der Waals surface area contributed by atoms with Gasteiger partial charge in [-0.05, 0) is 44.8 Å². The molecule has 0 spiro atoms. The van der Waals surface area contributed by atoms with E-state index in [4.69, 9.17) is 4.74 Å². The zero-order valence-corrected chi connectivity index (χ0v) is 12.1. The molecule has 1 aliphatic heterocycles. The van der Waals surface area contributed by atoms with E-state index in [-0.39, 0.29) is 0 Å². The molecular formula is C17H23NO. The van der Waals surface area contributed by atoms with Gasteiger partial charge in [0.25, 0.3) is 0 Å². The van der Waals surface area contributed by atoms with Crippen LogP contribution in [0.5, 0.6) is 0 Å². The van der Waals surface area contributed by atoms with Gasteiger partial charge in [0, 0.05) is 18.5 Å². The van der Waals surface area contributed by atoms with Gasteiger partial charge in [0.15, 0.2) is 5.90 Å². The summed E-state index contributed by atoms with van der Waals surface area (Å²) >= 11 is 0. The van der Waals surface area contributed by atoms with Gasteiger partial charge in [0.2, 0.25) is 0 Å². The molecule has 19 heavy (non-hydrogen) atoms. The molecule has 0 aromatic heterocycles. The number of rotatable bonds is 2. The van der Waals surface area contributed by atoms with E-state index in [2.05, 4.69) is 50.1 Å². The monoisotopic (exact) mass is 257 g/mol. The molecule has 2 aliphatic rings. The Bertz CT molecular complexity index is 477. The predicted molar refractivity (Wildman–Crippen MR) is 80.9 cm³/mol. The topological polar surface area (TPSA) is 21.6 Å². The molecule has 2 nitrogen and oxygen atoms in total. The molecule has 0 bridgehead atoms. The highest BCUT2D eigenvalue weighted by molar-refractivity contribution is 5.81. The van der Waals surface area contributed by atoms with Gasteiger partial charge >= 0.3 is 0 Å². The molecule has 0 saturated heterocycles. The van der Waals surface area contributed by atoms with Crippen LogP contribution in [-0.2, 0) is 4.74 Å². The molecular weight excluding hydrogens is 234 g/mol. The fraction of sp³-hybridized carbons (Fsp3) is 0.471. The lowest BCUT2D eigenvalue weighted by Crippen LogP contribution is -2.11. The van der Waals surface area contributed by atoms with Crippen LogP contribution >= 0.6 is 0 Å². The van der Waals surface area contributed by atoms with Crippen molar-refractivity contribution >= 4 is 5.90 Å². The van der Waals surface area contributed by atoms with Crippen molar-refractivity contribution in [3.8, 4) is 0 Å². The highest BCUT2D eigenvalue weighted by atomic mass is 16.5. The van der Waals surface area contributed by atoms with E-state index in [1.165, 1.54) is 11.1 Å². The third-order valence-corrected chi connectivity index (χ3v) is 3.53. The quantitative estimate of drug-likeness (QED) is 0.688. The van der Waals surface area contributed by atoms with Crippen LogP contribution < -0.4 is 0 Å². The second kappa shape index (κ2) is 6.55. The average molecular weight is 257 g/mol. The van der Waals surface area contributed by atoms with Gasteiger partial charge in [0.05, 0.1) is 0 Å². The van der Waals surface area contributed by atoms with Crippen LogP contribution in [0.2, 0.25) is 0 Å². The molecule has 1 aliphatic carbocycles. The maximum atomic E-state index is 6.09. The van der Waals surface area contributed by atoms with Gasteiger partial charge in [-0.15, -0.1) is 0 Å². The van der Waals surface area contributed by atoms with Gasteiger partial charge in [-0.3, -0.25) is 0 Å². The Balaban J connectivity index is 2.13. The summed E-state index contributed by atoms with van der Waals surface area (Å²) < 4.78 is 6.09. The smallest absolute Gasteiger partial charge is 0.198 e. The lowest BCUT2D eigenvalue weighted by Gasteiger charge is -2.18. The lowest BCUT2D eigenvalue weighted by atomic mass is 9.99. The first-order valence-corrected chi connectivity index (χ1v) is 7.14. The molecule has 1 unspecified atom stereocenters. The maximum Gasteiger partial charge on any atom is 0.198 e. The molecule has 0 radical (unpaired) electrons. The van der Waals surface area contributed by atoms with E-state index >= 15 is 0 Å². The largest absolute Gasteiger partial charge is 0.447 e. The summed E-state index contributed by atoms with van der Waals surface area (Å²) in [5.41, 5.74) is 2.47. The van der Waals surface area contributed by atoms with Crippen molar-refractivity contribution in [2.24, 2.45) is 10.9 Å². The Labute approximate surface area is 116 Å². The number of hydrogen-bond acceptors (Lipinski definition) is 2. The zero-order chi connectivity index (χ0) is 13.7. The second-order valence-electron chi connectivity index (χ2n) is 5.35. The summed E-state index contributed by atoms with van der Waals surface area (Å²) in [5, 5.41) is 0. The molecule has 102 valence electrons. The van der Waals surface area contributed by atoms with E-state index in [1.807, 2.05) is 6.20 Å². The minimum atomic E-state index is 0.510. The number of nitrogens with zero attached hydrogens (tertiary/aromatic N) is 1. The van der Waals surface area contributed by atoms with E-state index in [0.717, 1.165) is 37.3 Å². The number of allylic oxidation sites excluding steroid dienone is 6. The number of ether oxygens (including phenoxy) is 1. The normalized spacial score (nSPS) is 23.6. The summed E-state index contributed by atoms with van der Waals surface area (Å²) in [6.07, 6.45) is 14.7. The van der Waals surface area contributed by atoms with E-state index < -0.39 is 0 Å². The molecule has 0 amide bonds. The summed E-state index contributed by atoms with van der Waals surface area (Å²) in [6, 6.07) is 0. The molecule has 0 aromatic rings. The Hall–Kier alpha value is -1.57. The van der Waals surface area contributed by atoms with Gasteiger partial charge in [-0.1, -0.05) is 30.7 Å². The third-order valence-electron chi connectivity index (χ3n) is 3.53. The molecule has 0 saturated carbocycles. The molecule has 2 rings (SSSR count).